The summed E-state index contributed by atoms with van der Waals surface area (Å²) < 4.78 is 22.0. The minimum absolute atomic E-state index is 0.0457. The number of hydrogen-bond acceptors (Lipinski definition) is 8. The van der Waals surface area contributed by atoms with Gasteiger partial charge in [0.15, 0.2) is 0 Å². The summed E-state index contributed by atoms with van der Waals surface area (Å²) in [7, 11) is 4.07. The van der Waals surface area contributed by atoms with E-state index in [9.17, 15) is 14.4 Å². The minimum atomic E-state index is -0.618. The van der Waals surface area contributed by atoms with Gasteiger partial charge in [0.05, 0.1) is 19.8 Å². The molecule has 0 N–H and O–H groups in total. The minimum Gasteiger partial charge on any atom is -0.466 e. The van der Waals surface area contributed by atoms with Crippen LogP contribution in [0.4, 0.5) is 4.79 Å². The number of carbonyl (C=O) groups excluding carboxylic acids is 3. The van der Waals surface area contributed by atoms with Crippen LogP contribution in [-0.4, -0.2) is 69.6 Å². The molecule has 0 aliphatic carbocycles. The van der Waals surface area contributed by atoms with E-state index in [0.29, 0.717) is 32.5 Å². The maximum atomic E-state index is 12.5. The second kappa shape index (κ2) is 41.8. The zero-order valence-corrected chi connectivity index (χ0v) is 37.1. The Morgan fingerprint density at radius 1 is 0.418 bits per heavy atom. The van der Waals surface area contributed by atoms with E-state index in [0.717, 1.165) is 95.9 Å². The van der Waals surface area contributed by atoms with E-state index in [1.165, 1.54) is 109 Å². The molecule has 0 saturated carbocycles. The van der Waals surface area contributed by atoms with Crippen LogP contribution in [0.15, 0.2) is 0 Å². The third-order valence-electron chi connectivity index (χ3n) is 10.8. The lowest BCUT2D eigenvalue weighted by molar-refractivity contribution is -0.145. The van der Waals surface area contributed by atoms with Crippen LogP contribution < -0.4 is 0 Å². The molecule has 1 unspecified atom stereocenters. The Balaban J connectivity index is 4.27. The lowest BCUT2D eigenvalue weighted by Crippen LogP contribution is -2.22. The van der Waals surface area contributed by atoms with E-state index in [4.69, 9.17) is 18.9 Å². The SMILES string of the molecule is CCCCCCCC(=O)OCCCCCCCCCCC(CCOC(=O)CCCCCCCC(CCCCC)CCCCC)OC(=O)OCCCCN(C)C. The molecule has 8 nitrogen and oxygen atoms in total. The van der Waals surface area contributed by atoms with Crippen LogP contribution in [0.5, 0.6) is 0 Å². The Morgan fingerprint density at radius 2 is 0.818 bits per heavy atom. The van der Waals surface area contributed by atoms with Crippen molar-refractivity contribution in [3.05, 3.63) is 0 Å². The van der Waals surface area contributed by atoms with Crippen molar-refractivity contribution in [2.45, 2.75) is 239 Å². The fraction of sp³-hybridized carbons (Fsp3) is 0.936. The van der Waals surface area contributed by atoms with Crippen LogP contribution in [-0.2, 0) is 28.5 Å². The quantitative estimate of drug-likeness (QED) is 0.0343. The first kappa shape index (κ1) is 53.2. The second-order valence-electron chi connectivity index (χ2n) is 16.5. The topological polar surface area (TPSA) is 91.4 Å². The van der Waals surface area contributed by atoms with Gasteiger partial charge in [0, 0.05) is 19.3 Å². The Hall–Kier alpha value is -1.83. The Bertz CT molecular complexity index is 841. The molecule has 0 aromatic carbocycles. The van der Waals surface area contributed by atoms with Gasteiger partial charge in [-0.15, -0.1) is 0 Å². The summed E-state index contributed by atoms with van der Waals surface area (Å²) in [6, 6.07) is 0. The van der Waals surface area contributed by atoms with Crippen molar-refractivity contribution in [2.75, 3.05) is 40.5 Å². The molecule has 0 aromatic heterocycles. The number of unbranched alkanes of at least 4 members (excludes halogenated alkanes) is 20. The van der Waals surface area contributed by atoms with Gasteiger partial charge in [0.2, 0.25) is 0 Å². The van der Waals surface area contributed by atoms with E-state index in [2.05, 4.69) is 25.7 Å². The van der Waals surface area contributed by atoms with Gasteiger partial charge < -0.3 is 23.8 Å². The van der Waals surface area contributed by atoms with Gasteiger partial charge in [-0.1, -0.05) is 168 Å². The molecule has 0 aliphatic rings. The van der Waals surface area contributed by atoms with Crippen LogP contribution in [0.1, 0.15) is 233 Å². The maximum Gasteiger partial charge on any atom is 0.508 e. The largest absolute Gasteiger partial charge is 0.508 e. The fourth-order valence-electron chi connectivity index (χ4n) is 7.19. The number of nitrogens with zero attached hydrogens (tertiary/aromatic N) is 1. The summed E-state index contributed by atoms with van der Waals surface area (Å²) in [6.45, 7) is 8.90. The van der Waals surface area contributed by atoms with E-state index in [-0.39, 0.29) is 24.6 Å². The molecule has 0 saturated heterocycles. The highest BCUT2D eigenvalue weighted by Crippen LogP contribution is 2.24. The molecular weight excluding hydrogens is 691 g/mol. The first-order chi connectivity index (χ1) is 26.8. The van der Waals surface area contributed by atoms with E-state index in [1.807, 2.05) is 14.1 Å². The van der Waals surface area contributed by atoms with Crippen molar-refractivity contribution in [1.82, 2.24) is 4.90 Å². The molecule has 0 aliphatic heterocycles. The molecule has 8 heteroatoms. The van der Waals surface area contributed by atoms with E-state index < -0.39 is 6.16 Å². The first-order valence-electron chi connectivity index (χ1n) is 23.6. The summed E-state index contributed by atoms with van der Waals surface area (Å²) in [4.78, 5) is 38.9. The average molecular weight is 782 g/mol. The molecule has 0 amide bonds. The first-order valence-corrected chi connectivity index (χ1v) is 23.6. The smallest absolute Gasteiger partial charge is 0.466 e. The monoisotopic (exact) mass is 782 g/mol. The number of esters is 2. The molecule has 326 valence electrons. The summed E-state index contributed by atoms with van der Waals surface area (Å²) in [6.07, 6.45) is 35.5. The van der Waals surface area contributed by atoms with Crippen molar-refractivity contribution in [1.29, 1.82) is 0 Å². The van der Waals surface area contributed by atoms with Crippen LogP contribution in [0.3, 0.4) is 0 Å². The number of rotatable bonds is 42. The molecule has 0 heterocycles. The number of carbonyl (C=O) groups is 3. The maximum absolute atomic E-state index is 12.5. The molecule has 0 aromatic rings. The van der Waals surface area contributed by atoms with Gasteiger partial charge in [-0.25, -0.2) is 4.79 Å². The van der Waals surface area contributed by atoms with Gasteiger partial charge in [-0.05, 0) is 71.5 Å². The van der Waals surface area contributed by atoms with E-state index in [1.54, 1.807) is 0 Å². The summed E-state index contributed by atoms with van der Waals surface area (Å²) in [5.41, 5.74) is 0. The van der Waals surface area contributed by atoms with Crippen LogP contribution in [0.25, 0.3) is 0 Å². The van der Waals surface area contributed by atoms with Crippen LogP contribution in [0, 0.1) is 5.92 Å². The summed E-state index contributed by atoms with van der Waals surface area (Å²) in [5, 5.41) is 0. The van der Waals surface area contributed by atoms with Gasteiger partial charge in [-0.3, -0.25) is 9.59 Å². The van der Waals surface area contributed by atoms with Crippen LogP contribution >= 0.6 is 0 Å². The van der Waals surface area contributed by atoms with Gasteiger partial charge >= 0.3 is 18.1 Å². The molecule has 0 spiro atoms. The molecular formula is C47H91NO7. The predicted molar refractivity (Wildman–Crippen MR) is 230 cm³/mol. The molecule has 0 rings (SSSR count). The average Bonchev–Trinajstić information content (AvgIpc) is 3.16. The van der Waals surface area contributed by atoms with Crippen molar-refractivity contribution in [3.63, 3.8) is 0 Å². The highest BCUT2D eigenvalue weighted by Gasteiger charge is 2.17. The van der Waals surface area contributed by atoms with Crippen molar-refractivity contribution >= 4 is 18.1 Å². The van der Waals surface area contributed by atoms with Gasteiger partial charge in [-0.2, -0.15) is 0 Å². The highest BCUT2D eigenvalue weighted by molar-refractivity contribution is 5.69. The molecule has 1 atom stereocenters. The molecule has 0 radical (unpaired) electrons. The van der Waals surface area contributed by atoms with Crippen molar-refractivity contribution in [3.8, 4) is 0 Å². The standard InChI is InChI=1S/C47H91NO7/c1-6-9-12-18-27-36-45(49)52-40-30-22-16-14-13-15-20-26-35-44(55-47(51)54-41-31-29-39-48(4)5)38-42-53-46(50)37-28-21-17-19-25-34-43(32-23-10-7-2)33-24-11-8-3/h43-44H,6-42H2,1-5H3. The van der Waals surface area contributed by atoms with Crippen molar-refractivity contribution < 1.29 is 33.3 Å². The normalized spacial score (nSPS) is 12.0. The molecule has 0 fully saturated rings. The number of ether oxygens (including phenoxy) is 4. The lowest BCUT2D eigenvalue weighted by atomic mass is 9.90. The van der Waals surface area contributed by atoms with Gasteiger partial charge in [0.1, 0.15) is 6.10 Å². The zero-order chi connectivity index (χ0) is 40.5. The lowest BCUT2D eigenvalue weighted by Gasteiger charge is -2.18. The Kier molecular flexibility index (Phi) is 40.4. The second-order valence-corrected chi connectivity index (χ2v) is 16.5. The number of hydrogen-bond donors (Lipinski definition) is 0. The third kappa shape index (κ3) is 40.2. The zero-order valence-electron chi connectivity index (χ0n) is 37.1. The van der Waals surface area contributed by atoms with Crippen LogP contribution in [0.2, 0.25) is 0 Å². The predicted octanol–water partition coefficient (Wildman–Crippen LogP) is 13.7. The summed E-state index contributed by atoms with van der Waals surface area (Å²) >= 11 is 0. The molecule has 55 heavy (non-hydrogen) atoms. The fourth-order valence-corrected chi connectivity index (χ4v) is 7.19. The highest BCUT2D eigenvalue weighted by atomic mass is 16.7. The third-order valence-corrected chi connectivity index (χ3v) is 10.8. The van der Waals surface area contributed by atoms with Gasteiger partial charge in [0.25, 0.3) is 0 Å². The Labute approximate surface area is 340 Å². The Morgan fingerprint density at radius 3 is 1.36 bits per heavy atom. The van der Waals surface area contributed by atoms with Crippen molar-refractivity contribution in [2.24, 2.45) is 5.92 Å². The summed E-state index contributed by atoms with van der Waals surface area (Å²) in [5.74, 6) is 0.706. The van der Waals surface area contributed by atoms with E-state index >= 15 is 0 Å². The molecule has 0 bridgehead atoms.